The highest BCUT2D eigenvalue weighted by Gasteiger charge is 2.22. The molecular weight excluding hydrogens is 188 g/mol. The predicted octanol–water partition coefficient (Wildman–Crippen LogP) is 2.18. The molecule has 4 heteroatoms. The molecule has 1 aliphatic carbocycles. The maximum absolute atomic E-state index is 4.26. The minimum absolute atomic E-state index is 0.637. The molecule has 0 atom stereocenters. The van der Waals surface area contributed by atoms with Gasteiger partial charge in [0.15, 0.2) is 0 Å². The van der Waals surface area contributed by atoms with Gasteiger partial charge in [-0.05, 0) is 26.2 Å². The largest absolute Gasteiger partial charge is 0.370 e. The van der Waals surface area contributed by atoms with Crippen molar-refractivity contribution in [2.24, 2.45) is 0 Å². The van der Waals surface area contributed by atoms with Gasteiger partial charge in [-0.1, -0.05) is 6.92 Å². The van der Waals surface area contributed by atoms with Gasteiger partial charge in [-0.25, -0.2) is 9.97 Å². The van der Waals surface area contributed by atoms with Crippen LogP contribution in [0.4, 0.5) is 11.6 Å². The molecule has 1 fully saturated rings. The topological polar surface area (TPSA) is 49.8 Å². The van der Waals surface area contributed by atoms with Crippen molar-refractivity contribution < 1.29 is 0 Å². The number of anilines is 2. The van der Waals surface area contributed by atoms with E-state index in [0.29, 0.717) is 6.04 Å². The number of rotatable bonds is 5. The van der Waals surface area contributed by atoms with Crippen molar-refractivity contribution in [3.05, 3.63) is 11.9 Å². The molecule has 0 radical (unpaired) electrons. The zero-order chi connectivity index (χ0) is 10.7. The number of nitrogens with one attached hydrogen (secondary N) is 2. The average Bonchev–Trinajstić information content (AvgIpc) is 3.03. The molecule has 82 valence electrons. The van der Waals surface area contributed by atoms with E-state index < -0.39 is 0 Å². The van der Waals surface area contributed by atoms with E-state index in [1.165, 1.54) is 12.8 Å². The van der Waals surface area contributed by atoms with Gasteiger partial charge in [-0.2, -0.15) is 0 Å². The summed E-state index contributed by atoms with van der Waals surface area (Å²) in [7, 11) is 0. The molecule has 2 N–H and O–H groups in total. The van der Waals surface area contributed by atoms with Crippen LogP contribution >= 0.6 is 0 Å². The van der Waals surface area contributed by atoms with Crippen LogP contribution < -0.4 is 10.6 Å². The minimum Gasteiger partial charge on any atom is -0.370 e. The van der Waals surface area contributed by atoms with Crippen LogP contribution in [0.15, 0.2) is 6.33 Å². The fourth-order valence-electron chi connectivity index (χ4n) is 1.44. The summed E-state index contributed by atoms with van der Waals surface area (Å²) in [6.45, 7) is 5.16. The lowest BCUT2D eigenvalue weighted by Crippen LogP contribution is -2.09. The quantitative estimate of drug-likeness (QED) is 0.775. The summed E-state index contributed by atoms with van der Waals surface area (Å²) in [5, 5.41) is 6.72. The van der Waals surface area contributed by atoms with Crippen molar-refractivity contribution in [1.82, 2.24) is 9.97 Å². The lowest BCUT2D eigenvalue weighted by molar-refractivity contribution is 0.957. The van der Waals surface area contributed by atoms with Crippen molar-refractivity contribution in [1.29, 1.82) is 0 Å². The van der Waals surface area contributed by atoms with Crippen molar-refractivity contribution in [3.63, 3.8) is 0 Å². The Kier molecular flexibility index (Phi) is 3.04. The summed E-state index contributed by atoms with van der Waals surface area (Å²) in [5.41, 5.74) is 1.12. The molecule has 1 saturated carbocycles. The van der Waals surface area contributed by atoms with Crippen molar-refractivity contribution in [2.75, 3.05) is 17.2 Å². The monoisotopic (exact) mass is 206 g/mol. The Labute approximate surface area is 90.5 Å². The first kappa shape index (κ1) is 10.2. The van der Waals surface area contributed by atoms with Gasteiger partial charge in [0.05, 0.1) is 0 Å². The van der Waals surface area contributed by atoms with Gasteiger partial charge in [-0.3, -0.25) is 0 Å². The Morgan fingerprint density at radius 3 is 2.73 bits per heavy atom. The maximum Gasteiger partial charge on any atom is 0.134 e. The average molecular weight is 206 g/mol. The predicted molar refractivity (Wildman–Crippen MR) is 62.2 cm³/mol. The Morgan fingerprint density at radius 2 is 2.07 bits per heavy atom. The molecule has 1 aromatic heterocycles. The van der Waals surface area contributed by atoms with Crippen molar-refractivity contribution in [2.45, 2.75) is 39.2 Å². The SMILES string of the molecule is CCCNc1ncnc(NC2CC2)c1C. The third-order valence-corrected chi connectivity index (χ3v) is 2.54. The maximum atomic E-state index is 4.26. The first-order chi connectivity index (χ1) is 7.31. The van der Waals surface area contributed by atoms with Gasteiger partial charge in [0, 0.05) is 18.2 Å². The van der Waals surface area contributed by atoms with Crippen molar-refractivity contribution in [3.8, 4) is 0 Å². The highest BCUT2D eigenvalue weighted by Crippen LogP contribution is 2.26. The van der Waals surface area contributed by atoms with Crippen LogP contribution in [0.25, 0.3) is 0 Å². The van der Waals surface area contributed by atoms with Gasteiger partial charge in [0.1, 0.15) is 18.0 Å². The summed E-state index contributed by atoms with van der Waals surface area (Å²) in [5.74, 6) is 1.93. The highest BCUT2D eigenvalue weighted by molar-refractivity contribution is 5.57. The van der Waals surface area contributed by atoms with Crippen LogP contribution in [0.3, 0.4) is 0 Å². The van der Waals surface area contributed by atoms with E-state index >= 15 is 0 Å². The number of nitrogens with zero attached hydrogens (tertiary/aromatic N) is 2. The summed E-state index contributed by atoms with van der Waals surface area (Å²) < 4.78 is 0. The van der Waals surface area contributed by atoms with Crippen LogP contribution in [0.1, 0.15) is 31.7 Å². The van der Waals surface area contributed by atoms with E-state index in [1.807, 2.05) is 0 Å². The van der Waals surface area contributed by atoms with Gasteiger partial charge < -0.3 is 10.6 Å². The molecular formula is C11H18N4. The molecule has 0 aromatic carbocycles. The second kappa shape index (κ2) is 4.47. The van der Waals surface area contributed by atoms with Crippen LogP contribution in [0.2, 0.25) is 0 Å². The second-order valence-corrected chi connectivity index (χ2v) is 4.04. The molecule has 0 bridgehead atoms. The smallest absolute Gasteiger partial charge is 0.134 e. The molecule has 1 aromatic rings. The second-order valence-electron chi connectivity index (χ2n) is 4.04. The van der Waals surface area contributed by atoms with Crippen LogP contribution in [0.5, 0.6) is 0 Å². The summed E-state index contributed by atoms with van der Waals surface area (Å²) in [6.07, 6.45) is 5.26. The molecule has 1 aliphatic rings. The van der Waals surface area contributed by atoms with E-state index in [-0.39, 0.29) is 0 Å². The van der Waals surface area contributed by atoms with E-state index in [2.05, 4.69) is 34.4 Å². The third kappa shape index (κ3) is 2.58. The fraction of sp³-hybridized carbons (Fsp3) is 0.636. The normalized spacial score (nSPS) is 15.1. The molecule has 15 heavy (non-hydrogen) atoms. The Hall–Kier alpha value is -1.32. The van der Waals surface area contributed by atoms with Gasteiger partial charge >= 0.3 is 0 Å². The van der Waals surface area contributed by atoms with E-state index in [0.717, 1.165) is 30.2 Å². The van der Waals surface area contributed by atoms with Crippen LogP contribution in [-0.4, -0.2) is 22.6 Å². The Bertz CT molecular complexity index is 333. The lowest BCUT2D eigenvalue weighted by atomic mass is 10.3. The summed E-state index contributed by atoms with van der Waals surface area (Å²) in [6, 6.07) is 0.637. The van der Waals surface area contributed by atoms with E-state index in [1.54, 1.807) is 6.33 Å². The molecule has 2 rings (SSSR count). The minimum atomic E-state index is 0.637. The molecule has 0 amide bonds. The standard InChI is InChI=1S/C11H18N4/c1-3-6-12-10-8(2)11(14-7-13-10)15-9-4-5-9/h7,9H,3-6H2,1-2H3,(H2,12,13,14,15). The van der Waals surface area contributed by atoms with E-state index in [9.17, 15) is 0 Å². The number of hydrogen-bond acceptors (Lipinski definition) is 4. The Morgan fingerprint density at radius 1 is 1.33 bits per heavy atom. The molecule has 0 saturated heterocycles. The molecule has 0 aliphatic heterocycles. The van der Waals surface area contributed by atoms with Gasteiger partial charge in [0.2, 0.25) is 0 Å². The number of hydrogen-bond donors (Lipinski definition) is 2. The number of aromatic nitrogens is 2. The first-order valence-electron chi connectivity index (χ1n) is 5.63. The van der Waals surface area contributed by atoms with Crippen LogP contribution in [0, 0.1) is 6.92 Å². The molecule has 0 unspecified atom stereocenters. The van der Waals surface area contributed by atoms with Gasteiger partial charge in [0.25, 0.3) is 0 Å². The Balaban J connectivity index is 2.08. The highest BCUT2D eigenvalue weighted by atomic mass is 15.1. The zero-order valence-electron chi connectivity index (χ0n) is 9.38. The first-order valence-corrected chi connectivity index (χ1v) is 5.63. The lowest BCUT2D eigenvalue weighted by Gasteiger charge is -2.11. The third-order valence-electron chi connectivity index (χ3n) is 2.54. The zero-order valence-corrected chi connectivity index (χ0v) is 9.38. The van der Waals surface area contributed by atoms with Gasteiger partial charge in [-0.15, -0.1) is 0 Å². The molecule has 0 spiro atoms. The molecule has 4 nitrogen and oxygen atoms in total. The molecule has 1 heterocycles. The fourth-order valence-corrected chi connectivity index (χ4v) is 1.44. The van der Waals surface area contributed by atoms with Crippen LogP contribution in [-0.2, 0) is 0 Å². The van der Waals surface area contributed by atoms with E-state index in [4.69, 9.17) is 0 Å². The summed E-state index contributed by atoms with van der Waals surface area (Å²) >= 11 is 0. The van der Waals surface area contributed by atoms with Crippen molar-refractivity contribution >= 4 is 11.6 Å². The summed E-state index contributed by atoms with van der Waals surface area (Å²) in [4.78, 5) is 8.51.